The van der Waals surface area contributed by atoms with Crippen molar-refractivity contribution in [2.45, 2.75) is 4.90 Å². The first kappa shape index (κ1) is 31.5. The number of nitrogens with one attached hydrogen (secondary N) is 1. The van der Waals surface area contributed by atoms with E-state index in [-0.39, 0.29) is 108 Å². The number of carbonyl (C=O) groups is 2. The molecule has 0 bridgehead atoms. The molecule has 0 aliphatic carbocycles. The van der Waals surface area contributed by atoms with Crippen LogP contribution >= 0.6 is 11.6 Å². The number of aliphatic carboxylic acids is 1. The molecule has 13 heteroatoms. The maximum atomic E-state index is 11.4. The summed E-state index contributed by atoms with van der Waals surface area (Å²) in [7, 11) is -3.26. The van der Waals surface area contributed by atoms with Gasteiger partial charge in [0.25, 0.3) is 0 Å². The van der Waals surface area contributed by atoms with Gasteiger partial charge in [-0.05, 0) is 48.6 Å². The van der Waals surface area contributed by atoms with Crippen LogP contribution in [0.25, 0.3) is 0 Å². The first-order chi connectivity index (χ1) is 12.5. The van der Waals surface area contributed by atoms with E-state index in [2.05, 4.69) is 5.32 Å². The quantitative estimate of drug-likeness (QED) is 0.375. The second-order valence-electron chi connectivity index (χ2n) is 4.99. The summed E-state index contributed by atoms with van der Waals surface area (Å²) in [6, 6.07) is 10.9. The summed E-state index contributed by atoms with van der Waals surface area (Å²) in [4.78, 5) is 19.2. The Hall–Kier alpha value is 0.293. The fraction of sp³-hybridized carbons (Fsp3) is 0.125. The second kappa shape index (κ2) is 15.2. The molecule has 29 heavy (non-hydrogen) atoms. The minimum atomic E-state index is -3.26. The largest absolute Gasteiger partial charge is 1.00 e. The van der Waals surface area contributed by atoms with Gasteiger partial charge in [-0.25, -0.2) is 13.2 Å². The van der Waals surface area contributed by atoms with Crippen molar-refractivity contribution in [1.29, 1.82) is 0 Å². The van der Waals surface area contributed by atoms with E-state index in [0.29, 0.717) is 22.1 Å². The molecule has 2 aromatic carbocycles. The minimum absolute atomic E-state index is 0. The SMILES string of the molecule is CS(=O)(=O)c1ccc(Nc2cc(Cl)ccc2OCC(=O)O)cc1.O=C([O-])[O-].[K+].[K+]. The first-order valence-electron chi connectivity index (χ1n) is 7.08. The molecule has 0 atom stereocenters. The molecule has 0 aliphatic heterocycles. The van der Waals surface area contributed by atoms with Gasteiger partial charge in [-0.3, -0.25) is 0 Å². The molecule has 146 valence electrons. The summed E-state index contributed by atoms with van der Waals surface area (Å²) >= 11 is 5.94. The topological polar surface area (TPSA) is 156 Å². The Labute approximate surface area is 257 Å². The molecule has 2 rings (SSSR count). The van der Waals surface area contributed by atoms with E-state index in [1.807, 2.05) is 0 Å². The maximum absolute atomic E-state index is 11.4. The average Bonchev–Trinajstić information content (AvgIpc) is 2.53. The molecule has 0 unspecified atom stereocenters. The summed E-state index contributed by atoms with van der Waals surface area (Å²) in [6.07, 6.45) is -1.20. The molecule has 0 radical (unpaired) electrons. The number of anilines is 2. The van der Waals surface area contributed by atoms with Crippen LogP contribution < -0.4 is 123 Å². The fourth-order valence-corrected chi connectivity index (χ4v) is 2.61. The van der Waals surface area contributed by atoms with Crippen LogP contribution in [0.4, 0.5) is 16.2 Å². The standard InChI is InChI=1S/C15H14ClNO5S.CH2O3.2K/c1-23(20,21)12-5-3-11(4-6-12)17-13-8-10(16)2-7-14(13)22-9-15(18)19;2-1(3)4;;/h2-8,17H,9H2,1H3,(H,18,19);(H2,2,3,4);;/q;;2*+1/p-2. The van der Waals surface area contributed by atoms with Crippen molar-refractivity contribution in [2.75, 3.05) is 18.2 Å². The predicted molar refractivity (Wildman–Crippen MR) is 92.8 cm³/mol. The van der Waals surface area contributed by atoms with Gasteiger partial charge in [-0.1, -0.05) is 11.6 Å². The van der Waals surface area contributed by atoms with Gasteiger partial charge in [0, 0.05) is 17.0 Å². The zero-order valence-electron chi connectivity index (χ0n) is 15.8. The van der Waals surface area contributed by atoms with Crippen LogP contribution in [0.5, 0.6) is 5.75 Å². The van der Waals surface area contributed by atoms with Crippen molar-refractivity contribution in [3.8, 4) is 5.75 Å². The van der Waals surface area contributed by atoms with E-state index in [1.165, 1.54) is 12.1 Å². The van der Waals surface area contributed by atoms with Crippen molar-refractivity contribution in [3.05, 3.63) is 47.5 Å². The van der Waals surface area contributed by atoms with Crippen molar-refractivity contribution in [3.63, 3.8) is 0 Å². The molecule has 9 nitrogen and oxygen atoms in total. The number of hydrogen-bond acceptors (Lipinski definition) is 8. The van der Waals surface area contributed by atoms with Gasteiger partial charge in [-0.2, -0.15) is 0 Å². The molecular weight excluding hydrogens is 480 g/mol. The van der Waals surface area contributed by atoms with Gasteiger partial charge in [0.2, 0.25) is 0 Å². The van der Waals surface area contributed by atoms with Gasteiger partial charge < -0.3 is 30.2 Å². The molecule has 2 aromatic rings. The summed E-state index contributed by atoms with van der Waals surface area (Å²) < 4.78 is 28.1. The van der Waals surface area contributed by atoms with E-state index in [0.717, 1.165) is 6.26 Å². The fourth-order valence-electron chi connectivity index (χ4n) is 1.81. The van der Waals surface area contributed by atoms with Crippen LogP contribution in [0.1, 0.15) is 0 Å². The third-order valence-electron chi connectivity index (χ3n) is 2.85. The number of carboxylic acids is 1. The van der Waals surface area contributed by atoms with Gasteiger partial charge in [0.1, 0.15) is 5.75 Å². The third-order valence-corrected chi connectivity index (χ3v) is 4.22. The zero-order valence-corrected chi connectivity index (χ0v) is 23.7. The van der Waals surface area contributed by atoms with Crippen molar-refractivity contribution < 1.29 is 141 Å². The molecule has 0 heterocycles. The Morgan fingerprint density at radius 2 is 1.62 bits per heavy atom. The first-order valence-corrected chi connectivity index (χ1v) is 9.35. The minimum Gasteiger partial charge on any atom is -0.652 e. The Morgan fingerprint density at radius 1 is 1.10 bits per heavy atom. The van der Waals surface area contributed by atoms with Crippen LogP contribution in [0.15, 0.2) is 47.4 Å². The van der Waals surface area contributed by atoms with Crippen molar-refractivity contribution >= 4 is 44.9 Å². The smallest absolute Gasteiger partial charge is 0.652 e. The molecule has 0 amide bonds. The Kier molecular flexibility index (Phi) is 16.4. The molecule has 0 saturated heterocycles. The van der Waals surface area contributed by atoms with Gasteiger partial charge in [0.15, 0.2) is 16.4 Å². The number of benzene rings is 2. The number of carbonyl (C=O) groups excluding carboxylic acids is 1. The third kappa shape index (κ3) is 13.3. The Balaban J connectivity index is 0. The predicted octanol–water partition coefficient (Wildman–Crippen LogP) is -5.49. The summed E-state index contributed by atoms with van der Waals surface area (Å²) in [5.74, 6) is -0.771. The second-order valence-corrected chi connectivity index (χ2v) is 7.45. The molecule has 0 spiro atoms. The van der Waals surface area contributed by atoms with Crippen LogP contribution in [-0.4, -0.2) is 38.5 Å². The van der Waals surface area contributed by atoms with Crippen LogP contribution in [0.3, 0.4) is 0 Å². The number of ether oxygens (including phenoxy) is 1. The van der Waals surface area contributed by atoms with Crippen molar-refractivity contribution in [2.24, 2.45) is 0 Å². The van der Waals surface area contributed by atoms with Gasteiger partial charge in [0.05, 0.1) is 10.6 Å². The molecule has 0 fully saturated rings. The van der Waals surface area contributed by atoms with E-state index in [9.17, 15) is 13.2 Å². The molecule has 0 aliphatic rings. The van der Waals surface area contributed by atoms with E-state index < -0.39 is 28.6 Å². The van der Waals surface area contributed by atoms with E-state index in [1.54, 1.807) is 30.3 Å². The summed E-state index contributed by atoms with van der Waals surface area (Å²) in [5.41, 5.74) is 1.09. The zero-order chi connectivity index (χ0) is 20.6. The number of rotatable bonds is 6. The maximum Gasteiger partial charge on any atom is 1.00 e. The normalized spacial score (nSPS) is 9.59. The van der Waals surface area contributed by atoms with Crippen LogP contribution in [0.2, 0.25) is 5.02 Å². The monoisotopic (exact) mass is 493 g/mol. The van der Waals surface area contributed by atoms with Crippen LogP contribution in [-0.2, 0) is 14.6 Å². The molecule has 0 aromatic heterocycles. The average molecular weight is 494 g/mol. The number of sulfone groups is 1. The van der Waals surface area contributed by atoms with Crippen molar-refractivity contribution in [1.82, 2.24) is 0 Å². The molecular formula is C16H14ClK2NO8S. The number of halogens is 1. The van der Waals surface area contributed by atoms with Crippen LogP contribution in [0, 0.1) is 0 Å². The van der Waals surface area contributed by atoms with E-state index in [4.69, 9.17) is 36.5 Å². The molecule has 2 N–H and O–H groups in total. The summed E-state index contributed by atoms with van der Waals surface area (Å²) in [6.45, 7) is -0.483. The summed E-state index contributed by atoms with van der Waals surface area (Å²) in [5, 5.41) is 28.8. The van der Waals surface area contributed by atoms with Gasteiger partial charge in [-0.15, -0.1) is 0 Å². The Bertz CT molecular complexity index is 919. The van der Waals surface area contributed by atoms with E-state index >= 15 is 0 Å². The molecule has 0 saturated carbocycles. The number of hydrogen-bond donors (Lipinski definition) is 2. The number of carboxylic acid groups (broad SMARTS) is 3. The van der Waals surface area contributed by atoms with Gasteiger partial charge >= 0.3 is 109 Å². The Morgan fingerprint density at radius 3 is 2.07 bits per heavy atom.